The van der Waals surface area contributed by atoms with Crippen LogP contribution in [-0.4, -0.2) is 67.0 Å². The van der Waals surface area contributed by atoms with E-state index in [4.69, 9.17) is 19.2 Å². The maximum Gasteiger partial charge on any atom is 0.415 e. The highest BCUT2D eigenvalue weighted by atomic mass is 16.6. The lowest BCUT2D eigenvalue weighted by Crippen LogP contribution is -2.29. The third-order valence-corrected chi connectivity index (χ3v) is 7.25. The minimum absolute atomic E-state index is 0.0456. The first-order chi connectivity index (χ1) is 19.5. The van der Waals surface area contributed by atoms with Crippen LogP contribution in [0.25, 0.3) is 11.3 Å². The molecule has 3 aliphatic rings. The number of hydrogen-bond acceptors (Lipinski definition) is 9. The number of ether oxygens (including phenoxy) is 3. The van der Waals surface area contributed by atoms with Gasteiger partial charge in [0.05, 0.1) is 12.2 Å². The van der Waals surface area contributed by atoms with Gasteiger partial charge in [0, 0.05) is 37.2 Å². The standard InChI is InChI=1S/C29H32N6O5/c1-18-13-31-15-24(18)40-27-7-3-6-22(32-27)20-5-2-4-19(12-20)14-30-11-10-21-16-35(29(37)39-21)25-9-8-23-28(33-25)34-26(36)17-38-23/h2-9,12,18,21,24,30-31H,10-11,13-17H2,1H3,(H,33,34,36)/t18-,21+,24-/m1/s1. The minimum Gasteiger partial charge on any atom is -0.480 e. The molecule has 11 nitrogen and oxygen atoms in total. The van der Waals surface area contributed by atoms with Crippen LogP contribution in [0.4, 0.5) is 16.4 Å². The Morgan fingerprint density at radius 2 is 2.00 bits per heavy atom. The highest BCUT2D eigenvalue weighted by Crippen LogP contribution is 2.30. The number of carbonyl (C=O) groups is 2. The molecule has 1 aromatic carbocycles. The number of nitrogens with zero attached hydrogens (tertiary/aromatic N) is 3. The highest BCUT2D eigenvalue weighted by Gasteiger charge is 2.33. The van der Waals surface area contributed by atoms with Crippen molar-refractivity contribution in [3.63, 3.8) is 0 Å². The molecule has 0 saturated carbocycles. The van der Waals surface area contributed by atoms with E-state index in [1.54, 1.807) is 12.1 Å². The molecule has 3 aliphatic heterocycles. The highest BCUT2D eigenvalue weighted by molar-refractivity contribution is 5.95. The van der Waals surface area contributed by atoms with Gasteiger partial charge in [0.25, 0.3) is 5.91 Å². The van der Waals surface area contributed by atoms with Crippen LogP contribution in [0.15, 0.2) is 54.6 Å². The lowest BCUT2D eigenvalue weighted by Gasteiger charge is -2.19. The van der Waals surface area contributed by atoms with Crippen molar-refractivity contribution < 1.29 is 23.8 Å². The van der Waals surface area contributed by atoms with Gasteiger partial charge in [-0.05, 0) is 42.8 Å². The predicted molar refractivity (Wildman–Crippen MR) is 148 cm³/mol. The largest absolute Gasteiger partial charge is 0.480 e. The quantitative estimate of drug-likeness (QED) is 0.349. The Balaban J connectivity index is 1.00. The third-order valence-electron chi connectivity index (χ3n) is 7.25. The van der Waals surface area contributed by atoms with Crippen LogP contribution >= 0.6 is 0 Å². The zero-order valence-electron chi connectivity index (χ0n) is 22.3. The maximum atomic E-state index is 12.5. The van der Waals surface area contributed by atoms with Gasteiger partial charge in [-0.1, -0.05) is 31.2 Å². The van der Waals surface area contributed by atoms with Crippen LogP contribution in [0.2, 0.25) is 0 Å². The van der Waals surface area contributed by atoms with E-state index in [1.165, 1.54) is 4.90 Å². The van der Waals surface area contributed by atoms with Gasteiger partial charge in [0.1, 0.15) is 18.0 Å². The zero-order valence-corrected chi connectivity index (χ0v) is 22.3. The van der Waals surface area contributed by atoms with Crippen LogP contribution in [0.3, 0.4) is 0 Å². The predicted octanol–water partition coefficient (Wildman–Crippen LogP) is 2.97. The molecule has 6 rings (SSSR count). The molecule has 2 amide bonds. The van der Waals surface area contributed by atoms with Crippen LogP contribution in [0.1, 0.15) is 18.9 Å². The van der Waals surface area contributed by atoms with Crippen LogP contribution in [0, 0.1) is 5.92 Å². The normalized spacial score (nSPS) is 21.9. The molecular weight excluding hydrogens is 512 g/mol. The number of rotatable bonds is 9. The number of pyridine rings is 2. The molecule has 11 heteroatoms. The maximum absolute atomic E-state index is 12.5. The second-order valence-electron chi connectivity index (χ2n) is 10.3. The van der Waals surface area contributed by atoms with E-state index >= 15 is 0 Å². The summed E-state index contributed by atoms with van der Waals surface area (Å²) in [6, 6.07) is 17.5. The van der Waals surface area contributed by atoms with E-state index in [0.717, 1.165) is 29.9 Å². The fourth-order valence-corrected chi connectivity index (χ4v) is 5.04. The van der Waals surface area contributed by atoms with Crippen LogP contribution in [-0.2, 0) is 16.1 Å². The first-order valence-corrected chi connectivity index (χ1v) is 13.6. The molecule has 40 heavy (non-hydrogen) atoms. The lowest BCUT2D eigenvalue weighted by molar-refractivity contribution is -0.118. The third kappa shape index (κ3) is 5.85. The van der Waals surface area contributed by atoms with Crippen molar-refractivity contribution in [3.05, 3.63) is 60.2 Å². The van der Waals surface area contributed by atoms with Crippen molar-refractivity contribution in [2.45, 2.75) is 32.1 Å². The van der Waals surface area contributed by atoms with Gasteiger partial charge in [0.2, 0.25) is 5.88 Å². The molecule has 3 N–H and O–H groups in total. The molecule has 5 heterocycles. The number of amides is 2. The molecule has 0 radical (unpaired) electrons. The van der Waals surface area contributed by atoms with Gasteiger partial charge in [-0.3, -0.25) is 9.69 Å². The van der Waals surface area contributed by atoms with Crippen molar-refractivity contribution in [3.8, 4) is 22.9 Å². The Morgan fingerprint density at radius 3 is 2.88 bits per heavy atom. The summed E-state index contributed by atoms with van der Waals surface area (Å²) >= 11 is 0. The summed E-state index contributed by atoms with van der Waals surface area (Å²) in [4.78, 5) is 34.7. The summed E-state index contributed by atoms with van der Waals surface area (Å²) in [6.07, 6.45) is 0.0728. The lowest BCUT2D eigenvalue weighted by atomic mass is 10.1. The molecule has 0 bridgehead atoms. The SMILES string of the molecule is C[C@@H]1CNC[C@H]1Oc1cccc(-c2cccc(CNCC[C@H]3CN(c4ccc5c(n4)NC(=O)CO5)C(=O)O3)c2)n1. The number of nitrogens with one attached hydrogen (secondary N) is 3. The van der Waals surface area contributed by atoms with Crippen molar-refractivity contribution in [2.24, 2.45) is 5.92 Å². The Morgan fingerprint density at radius 1 is 1.10 bits per heavy atom. The zero-order chi connectivity index (χ0) is 27.5. The van der Waals surface area contributed by atoms with E-state index in [1.807, 2.05) is 30.3 Å². The summed E-state index contributed by atoms with van der Waals surface area (Å²) in [5.74, 6) is 2.03. The molecular formula is C29H32N6O5. The van der Waals surface area contributed by atoms with Crippen molar-refractivity contribution >= 4 is 23.6 Å². The van der Waals surface area contributed by atoms with Gasteiger partial charge in [0.15, 0.2) is 18.2 Å². The summed E-state index contributed by atoms with van der Waals surface area (Å²) in [7, 11) is 0. The van der Waals surface area contributed by atoms with E-state index < -0.39 is 6.09 Å². The van der Waals surface area contributed by atoms with Gasteiger partial charge >= 0.3 is 6.09 Å². The van der Waals surface area contributed by atoms with Crippen molar-refractivity contribution in [1.82, 2.24) is 20.6 Å². The fourth-order valence-electron chi connectivity index (χ4n) is 5.04. The molecule has 0 spiro atoms. The Kier molecular flexibility index (Phi) is 7.47. The van der Waals surface area contributed by atoms with Crippen LogP contribution in [0.5, 0.6) is 11.6 Å². The van der Waals surface area contributed by atoms with Crippen molar-refractivity contribution in [1.29, 1.82) is 0 Å². The van der Waals surface area contributed by atoms with E-state index in [-0.39, 0.29) is 24.7 Å². The van der Waals surface area contributed by atoms with Gasteiger partial charge in [-0.15, -0.1) is 0 Å². The van der Waals surface area contributed by atoms with E-state index in [2.05, 4.69) is 40.0 Å². The minimum atomic E-state index is -0.453. The second-order valence-corrected chi connectivity index (χ2v) is 10.3. The fraction of sp³-hybridized carbons (Fsp3) is 0.379. The van der Waals surface area contributed by atoms with E-state index in [0.29, 0.717) is 55.2 Å². The molecule has 3 aromatic rings. The molecule has 208 valence electrons. The number of hydrogen-bond donors (Lipinski definition) is 3. The number of aromatic nitrogens is 2. The number of fused-ring (bicyclic) bond motifs is 1. The van der Waals surface area contributed by atoms with Gasteiger partial charge in [-0.2, -0.15) is 0 Å². The monoisotopic (exact) mass is 544 g/mol. The molecule has 2 aromatic heterocycles. The van der Waals surface area contributed by atoms with Crippen molar-refractivity contribution in [2.75, 3.05) is 43.0 Å². The Bertz CT molecular complexity index is 1400. The Hall–Kier alpha value is -4.22. The topological polar surface area (TPSA) is 127 Å². The number of carbonyl (C=O) groups excluding carboxylic acids is 2. The summed E-state index contributed by atoms with van der Waals surface area (Å²) in [5, 5.41) is 9.46. The summed E-state index contributed by atoms with van der Waals surface area (Å²) < 4.78 is 17.0. The first-order valence-electron chi connectivity index (χ1n) is 13.6. The molecule has 0 aliphatic carbocycles. The molecule has 3 atom stereocenters. The molecule has 2 fully saturated rings. The first kappa shape index (κ1) is 26.0. The van der Waals surface area contributed by atoms with E-state index in [9.17, 15) is 9.59 Å². The molecule has 0 unspecified atom stereocenters. The average Bonchev–Trinajstić information content (AvgIpc) is 3.55. The average molecular weight is 545 g/mol. The number of anilines is 2. The molecule has 2 saturated heterocycles. The summed E-state index contributed by atoms with van der Waals surface area (Å²) in [6.45, 7) is 5.67. The Labute approximate surface area is 232 Å². The number of cyclic esters (lactones) is 1. The number of benzene rings is 1. The smallest absolute Gasteiger partial charge is 0.415 e. The summed E-state index contributed by atoms with van der Waals surface area (Å²) in [5.41, 5.74) is 3.03. The van der Waals surface area contributed by atoms with Gasteiger partial charge < -0.3 is 30.2 Å². The second kappa shape index (κ2) is 11.5. The van der Waals surface area contributed by atoms with Crippen LogP contribution < -0.4 is 30.3 Å². The van der Waals surface area contributed by atoms with Gasteiger partial charge in [-0.25, -0.2) is 14.8 Å².